The summed E-state index contributed by atoms with van der Waals surface area (Å²) in [5.74, 6) is 4.97. The van der Waals surface area contributed by atoms with E-state index < -0.39 is 5.91 Å². The number of carbonyl (C=O) groups excluding carboxylic acids is 1. The van der Waals surface area contributed by atoms with Gasteiger partial charge in [0.25, 0.3) is 5.91 Å². The van der Waals surface area contributed by atoms with Crippen molar-refractivity contribution in [1.82, 2.24) is 10.6 Å². The highest BCUT2D eigenvalue weighted by Gasteiger charge is 2.16. The molecule has 1 amide bonds. The first-order valence-electron chi connectivity index (χ1n) is 5.45. The van der Waals surface area contributed by atoms with Crippen LogP contribution in [-0.2, 0) is 16.1 Å². The number of amides is 1. The molecule has 1 fully saturated rings. The number of carbonyl (C=O) groups is 1. The molecule has 0 radical (unpaired) electrons. The van der Waals surface area contributed by atoms with Crippen LogP contribution in [-0.4, -0.2) is 30.4 Å². The number of hydrogen-bond donors (Lipinski definition) is 2. The normalized spacial score (nSPS) is 19.5. The molecule has 1 aromatic rings. The van der Waals surface area contributed by atoms with Gasteiger partial charge in [-0.2, -0.15) is 0 Å². The summed E-state index contributed by atoms with van der Waals surface area (Å²) < 4.78 is 15.7. The van der Waals surface area contributed by atoms with Gasteiger partial charge >= 0.3 is 0 Å². The van der Waals surface area contributed by atoms with Gasteiger partial charge in [-0.3, -0.25) is 10.2 Å². The Balaban J connectivity index is 1.74. The van der Waals surface area contributed by atoms with Crippen molar-refractivity contribution < 1.29 is 18.8 Å². The van der Waals surface area contributed by atoms with Crippen molar-refractivity contribution in [2.24, 2.45) is 5.84 Å². The summed E-state index contributed by atoms with van der Waals surface area (Å²) >= 11 is 0. The average Bonchev–Trinajstić information content (AvgIpc) is 2.99. The van der Waals surface area contributed by atoms with Crippen LogP contribution in [0.3, 0.4) is 0 Å². The highest BCUT2D eigenvalue weighted by atomic mass is 16.5. The number of aromatic nitrogens is 1. The van der Waals surface area contributed by atoms with Gasteiger partial charge in [0.1, 0.15) is 6.61 Å². The van der Waals surface area contributed by atoms with Crippen LogP contribution in [0, 0.1) is 0 Å². The first-order chi connectivity index (χ1) is 8.29. The number of hydrogen-bond acceptors (Lipinski definition) is 6. The SMILES string of the molecule is NNC(=O)c1cc(COCC2CCCO2)on1. The number of nitrogen functional groups attached to an aromatic ring is 1. The van der Waals surface area contributed by atoms with Gasteiger partial charge in [0, 0.05) is 12.7 Å². The van der Waals surface area contributed by atoms with E-state index in [0.717, 1.165) is 19.4 Å². The zero-order valence-electron chi connectivity index (χ0n) is 9.35. The van der Waals surface area contributed by atoms with Crippen molar-refractivity contribution in [2.75, 3.05) is 13.2 Å². The van der Waals surface area contributed by atoms with Crippen LogP contribution in [0.1, 0.15) is 29.1 Å². The third-order valence-electron chi connectivity index (χ3n) is 2.49. The molecule has 7 heteroatoms. The van der Waals surface area contributed by atoms with Crippen LogP contribution in [0.5, 0.6) is 0 Å². The van der Waals surface area contributed by atoms with Gasteiger partial charge in [-0.1, -0.05) is 5.16 Å². The van der Waals surface area contributed by atoms with Gasteiger partial charge in [0.05, 0.1) is 12.7 Å². The standard InChI is InChI=1S/C10H15N3O4/c11-12-10(14)9-4-8(17-13-9)6-15-5-7-2-1-3-16-7/h4,7H,1-3,5-6,11H2,(H,12,14). The summed E-state index contributed by atoms with van der Waals surface area (Å²) in [5.41, 5.74) is 2.12. The van der Waals surface area contributed by atoms with Crippen LogP contribution in [0.2, 0.25) is 0 Å². The molecular formula is C10H15N3O4. The largest absolute Gasteiger partial charge is 0.376 e. The molecule has 1 atom stereocenters. The number of ether oxygens (including phenoxy) is 2. The van der Waals surface area contributed by atoms with Crippen LogP contribution >= 0.6 is 0 Å². The monoisotopic (exact) mass is 241 g/mol. The van der Waals surface area contributed by atoms with Crippen molar-refractivity contribution in [1.29, 1.82) is 0 Å². The van der Waals surface area contributed by atoms with E-state index in [2.05, 4.69) is 5.16 Å². The molecule has 1 aliphatic heterocycles. The minimum atomic E-state index is -0.487. The quantitative estimate of drug-likeness (QED) is 0.426. The molecular weight excluding hydrogens is 226 g/mol. The van der Waals surface area contributed by atoms with E-state index in [1.54, 1.807) is 0 Å². The van der Waals surface area contributed by atoms with Gasteiger partial charge in [0.15, 0.2) is 11.5 Å². The Morgan fingerprint density at radius 2 is 2.59 bits per heavy atom. The van der Waals surface area contributed by atoms with Gasteiger partial charge < -0.3 is 14.0 Å². The maximum absolute atomic E-state index is 11.1. The lowest BCUT2D eigenvalue weighted by molar-refractivity contribution is 0.00453. The molecule has 2 rings (SSSR count). The number of rotatable bonds is 5. The molecule has 94 valence electrons. The Hall–Kier alpha value is -1.44. The predicted molar refractivity (Wildman–Crippen MR) is 56.8 cm³/mol. The Morgan fingerprint density at radius 1 is 1.71 bits per heavy atom. The lowest BCUT2D eigenvalue weighted by Gasteiger charge is -2.08. The Bertz CT molecular complexity index is 373. The van der Waals surface area contributed by atoms with E-state index in [1.165, 1.54) is 6.07 Å². The minimum absolute atomic E-state index is 0.142. The molecule has 0 spiro atoms. The molecule has 3 N–H and O–H groups in total. The summed E-state index contributed by atoms with van der Waals surface area (Å²) in [5, 5.41) is 3.56. The second-order valence-electron chi connectivity index (χ2n) is 3.80. The fourth-order valence-corrected chi connectivity index (χ4v) is 1.63. The van der Waals surface area contributed by atoms with Crippen LogP contribution < -0.4 is 11.3 Å². The Morgan fingerprint density at radius 3 is 3.29 bits per heavy atom. The van der Waals surface area contributed by atoms with Crippen LogP contribution in [0.25, 0.3) is 0 Å². The van der Waals surface area contributed by atoms with Gasteiger partial charge in [-0.25, -0.2) is 5.84 Å². The second-order valence-corrected chi connectivity index (χ2v) is 3.80. The smallest absolute Gasteiger partial charge is 0.287 e. The van der Waals surface area contributed by atoms with Crippen molar-refractivity contribution in [3.63, 3.8) is 0 Å². The topological polar surface area (TPSA) is 99.6 Å². The molecule has 0 bridgehead atoms. The van der Waals surface area contributed by atoms with Crippen LogP contribution in [0.4, 0.5) is 0 Å². The Kier molecular flexibility index (Phi) is 4.08. The molecule has 1 saturated heterocycles. The molecule has 0 aromatic carbocycles. The van der Waals surface area contributed by atoms with E-state index in [1.807, 2.05) is 5.43 Å². The van der Waals surface area contributed by atoms with E-state index >= 15 is 0 Å². The summed E-state index contributed by atoms with van der Waals surface area (Å²) in [4.78, 5) is 11.1. The zero-order valence-corrected chi connectivity index (χ0v) is 9.35. The summed E-state index contributed by atoms with van der Waals surface area (Å²) in [7, 11) is 0. The van der Waals surface area contributed by atoms with Crippen LogP contribution in [0.15, 0.2) is 10.6 Å². The molecule has 1 unspecified atom stereocenters. The number of nitrogens with two attached hydrogens (primary N) is 1. The molecule has 17 heavy (non-hydrogen) atoms. The van der Waals surface area contributed by atoms with Crippen molar-refractivity contribution in [3.8, 4) is 0 Å². The number of nitrogens with one attached hydrogen (secondary N) is 1. The number of nitrogens with zero attached hydrogens (tertiary/aromatic N) is 1. The maximum atomic E-state index is 11.1. The molecule has 7 nitrogen and oxygen atoms in total. The predicted octanol–water partition coefficient (Wildman–Crippen LogP) is -0.0263. The second kappa shape index (κ2) is 5.76. The molecule has 2 heterocycles. The first-order valence-corrected chi connectivity index (χ1v) is 5.45. The molecule has 1 aliphatic rings. The van der Waals surface area contributed by atoms with E-state index in [9.17, 15) is 4.79 Å². The fraction of sp³-hybridized carbons (Fsp3) is 0.600. The van der Waals surface area contributed by atoms with Crippen molar-refractivity contribution in [2.45, 2.75) is 25.6 Å². The highest BCUT2D eigenvalue weighted by molar-refractivity contribution is 5.91. The average molecular weight is 241 g/mol. The number of hydrazine groups is 1. The minimum Gasteiger partial charge on any atom is -0.376 e. The Labute approximate surface area is 98.2 Å². The summed E-state index contributed by atoms with van der Waals surface area (Å²) in [6.45, 7) is 1.60. The van der Waals surface area contributed by atoms with E-state index in [4.69, 9.17) is 19.8 Å². The van der Waals surface area contributed by atoms with Gasteiger partial charge in [-0.15, -0.1) is 0 Å². The third-order valence-corrected chi connectivity index (χ3v) is 2.49. The molecule has 0 saturated carbocycles. The lowest BCUT2D eigenvalue weighted by Crippen LogP contribution is -2.30. The fourth-order valence-electron chi connectivity index (χ4n) is 1.63. The van der Waals surface area contributed by atoms with Crippen molar-refractivity contribution >= 4 is 5.91 Å². The zero-order chi connectivity index (χ0) is 12.1. The van der Waals surface area contributed by atoms with E-state index in [-0.39, 0.29) is 18.4 Å². The highest BCUT2D eigenvalue weighted by Crippen LogP contribution is 2.13. The van der Waals surface area contributed by atoms with Gasteiger partial charge in [0.2, 0.25) is 0 Å². The van der Waals surface area contributed by atoms with Crippen molar-refractivity contribution in [3.05, 3.63) is 17.5 Å². The summed E-state index contributed by atoms with van der Waals surface area (Å²) in [6.07, 6.45) is 2.28. The van der Waals surface area contributed by atoms with E-state index in [0.29, 0.717) is 12.4 Å². The molecule has 1 aromatic heterocycles. The molecule has 0 aliphatic carbocycles. The van der Waals surface area contributed by atoms with Gasteiger partial charge in [-0.05, 0) is 12.8 Å². The summed E-state index contributed by atoms with van der Waals surface area (Å²) in [6, 6.07) is 1.50. The third kappa shape index (κ3) is 3.26. The first kappa shape index (κ1) is 12.0. The maximum Gasteiger partial charge on any atom is 0.287 e. The lowest BCUT2D eigenvalue weighted by atomic mass is 10.2.